The number of nitrogens with one attached hydrogen (secondary N) is 1. The van der Waals surface area contributed by atoms with E-state index >= 15 is 0 Å². The zero-order valence-corrected chi connectivity index (χ0v) is 8.69. The molecule has 1 fully saturated rings. The smallest absolute Gasteiger partial charge is 0.115 e. The zero-order chi connectivity index (χ0) is 10.7. The number of phenols is 1. The molecular weight excluding hydrogens is 190 g/mol. The Balaban J connectivity index is 1.98. The Bertz CT molecular complexity index is 310. The molecule has 0 spiro atoms. The van der Waals surface area contributed by atoms with Gasteiger partial charge in [-0.05, 0) is 43.0 Å². The number of piperidine rings is 1. The molecule has 0 amide bonds. The summed E-state index contributed by atoms with van der Waals surface area (Å²) in [7, 11) is 0. The molecule has 0 saturated carbocycles. The summed E-state index contributed by atoms with van der Waals surface area (Å²) in [5, 5.41) is 22.1. The second kappa shape index (κ2) is 4.64. The fourth-order valence-corrected chi connectivity index (χ4v) is 2.07. The van der Waals surface area contributed by atoms with Crippen LogP contribution in [-0.2, 0) is 6.42 Å². The molecule has 1 aromatic carbocycles. The van der Waals surface area contributed by atoms with E-state index in [-0.39, 0.29) is 6.10 Å². The fraction of sp³-hybridized carbons (Fsp3) is 0.500. The van der Waals surface area contributed by atoms with Crippen molar-refractivity contribution in [2.24, 2.45) is 5.92 Å². The number of phenolic OH excluding ortho intramolecular Hbond substituents is 1. The Hall–Kier alpha value is -1.06. The minimum Gasteiger partial charge on any atom is -0.508 e. The third kappa shape index (κ3) is 2.70. The Kier molecular flexibility index (Phi) is 3.23. The van der Waals surface area contributed by atoms with Crippen LogP contribution in [0.2, 0.25) is 0 Å². The summed E-state index contributed by atoms with van der Waals surface area (Å²) >= 11 is 0. The highest BCUT2D eigenvalue weighted by molar-refractivity contribution is 5.26. The minimum absolute atomic E-state index is 0.243. The van der Waals surface area contributed by atoms with Crippen molar-refractivity contribution in [3.8, 4) is 5.75 Å². The number of aliphatic hydroxyl groups excluding tert-OH is 1. The maximum absolute atomic E-state index is 9.77. The van der Waals surface area contributed by atoms with Crippen molar-refractivity contribution in [3.05, 3.63) is 29.8 Å². The quantitative estimate of drug-likeness (QED) is 0.675. The molecule has 2 unspecified atom stereocenters. The van der Waals surface area contributed by atoms with Crippen LogP contribution >= 0.6 is 0 Å². The van der Waals surface area contributed by atoms with Gasteiger partial charge in [-0.2, -0.15) is 0 Å². The standard InChI is InChI=1S/C12H17NO2/c14-11-3-1-9(2-4-11)7-10-5-6-13-8-12(10)15/h1-4,10,12-15H,5-8H2. The lowest BCUT2D eigenvalue weighted by molar-refractivity contribution is 0.0820. The topological polar surface area (TPSA) is 52.5 Å². The molecule has 1 aromatic rings. The first-order valence-corrected chi connectivity index (χ1v) is 5.42. The lowest BCUT2D eigenvalue weighted by atomic mass is 9.89. The van der Waals surface area contributed by atoms with Crippen LogP contribution in [0.25, 0.3) is 0 Å². The average molecular weight is 207 g/mol. The first-order valence-electron chi connectivity index (χ1n) is 5.42. The SMILES string of the molecule is Oc1ccc(CC2CCNCC2O)cc1. The van der Waals surface area contributed by atoms with Gasteiger partial charge < -0.3 is 15.5 Å². The van der Waals surface area contributed by atoms with E-state index in [9.17, 15) is 5.11 Å². The molecule has 3 heteroatoms. The molecule has 0 aliphatic carbocycles. The number of β-amino-alcohol motifs (C(OH)–C–C–N with tert-alkyl or cyclic N) is 1. The van der Waals surface area contributed by atoms with Gasteiger partial charge in [-0.25, -0.2) is 0 Å². The van der Waals surface area contributed by atoms with Gasteiger partial charge in [0.05, 0.1) is 6.10 Å². The first-order chi connectivity index (χ1) is 7.25. The Labute approximate surface area is 89.8 Å². The Morgan fingerprint density at radius 1 is 1.27 bits per heavy atom. The van der Waals surface area contributed by atoms with Crippen molar-refractivity contribution < 1.29 is 10.2 Å². The van der Waals surface area contributed by atoms with Crippen LogP contribution in [0.1, 0.15) is 12.0 Å². The van der Waals surface area contributed by atoms with Gasteiger partial charge >= 0.3 is 0 Å². The highest BCUT2D eigenvalue weighted by atomic mass is 16.3. The molecule has 2 atom stereocenters. The van der Waals surface area contributed by atoms with E-state index in [4.69, 9.17) is 5.11 Å². The highest BCUT2D eigenvalue weighted by Crippen LogP contribution is 2.20. The molecule has 82 valence electrons. The van der Waals surface area contributed by atoms with Crippen molar-refractivity contribution in [1.29, 1.82) is 0 Å². The molecule has 15 heavy (non-hydrogen) atoms. The van der Waals surface area contributed by atoms with Crippen LogP contribution in [0.5, 0.6) is 5.75 Å². The molecule has 3 N–H and O–H groups in total. The van der Waals surface area contributed by atoms with Crippen LogP contribution in [0.3, 0.4) is 0 Å². The maximum Gasteiger partial charge on any atom is 0.115 e. The van der Waals surface area contributed by atoms with E-state index in [1.54, 1.807) is 12.1 Å². The monoisotopic (exact) mass is 207 g/mol. The van der Waals surface area contributed by atoms with Gasteiger partial charge in [0.2, 0.25) is 0 Å². The van der Waals surface area contributed by atoms with E-state index in [2.05, 4.69) is 5.32 Å². The number of benzene rings is 1. The molecule has 3 nitrogen and oxygen atoms in total. The van der Waals surface area contributed by atoms with Crippen LogP contribution in [-0.4, -0.2) is 29.4 Å². The van der Waals surface area contributed by atoms with Gasteiger partial charge in [0.15, 0.2) is 0 Å². The number of aromatic hydroxyl groups is 1. The van der Waals surface area contributed by atoms with Crippen LogP contribution in [0.15, 0.2) is 24.3 Å². The number of aliphatic hydroxyl groups is 1. The molecule has 0 aromatic heterocycles. The van der Waals surface area contributed by atoms with E-state index in [0.29, 0.717) is 18.2 Å². The fourth-order valence-electron chi connectivity index (χ4n) is 2.07. The lowest BCUT2D eigenvalue weighted by Gasteiger charge is -2.28. The molecule has 1 heterocycles. The number of hydrogen-bond donors (Lipinski definition) is 3. The van der Waals surface area contributed by atoms with Gasteiger partial charge in [-0.15, -0.1) is 0 Å². The predicted molar refractivity (Wildman–Crippen MR) is 58.8 cm³/mol. The number of hydrogen-bond acceptors (Lipinski definition) is 3. The lowest BCUT2D eigenvalue weighted by Crippen LogP contribution is -2.41. The van der Waals surface area contributed by atoms with E-state index in [1.807, 2.05) is 12.1 Å². The van der Waals surface area contributed by atoms with Gasteiger partial charge in [-0.3, -0.25) is 0 Å². The van der Waals surface area contributed by atoms with Crippen molar-refractivity contribution in [1.82, 2.24) is 5.32 Å². The third-order valence-corrected chi connectivity index (χ3v) is 3.02. The largest absolute Gasteiger partial charge is 0.508 e. The molecule has 0 radical (unpaired) electrons. The summed E-state index contributed by atoms with van der Waals surface area (Å²) in [5.74, 6) is 0.639. The zero-order valence-electron chi connectivity index (χ0n) is 8.69. The highest BCUT2D eigenvalue weighted by Gasteiger charge is 2.22. The van der Waals surface area contributed by atoms with Crippen LogP contribution in [0.4, 0.5) is 0 Å². The first kappa shape index (κ1) is 10.5. The van der Waals surface area contributed by atoms with Gasteiger partial charge in [-0.1, -0.05) is 12.1 Å². The minimum atomic E-state index is -0.243. The maximum atomic E-state index is 9.77. The van der Waals surface area contributed by atoms with Crippen LogP contribution in [0, 0.1) is 5.92 Å². The summed E-state index contributed by atoms with van der Waals surface area (Å²) in [6.45, 7) is 1.68. The van der Waals surface area contributed by atoms with Crippen molar-refractivity contribution >= 4 is 0 Å². The van der Waals surface area contributed by atoms with E-state index < -0.39 is 0 Å². The molecule has 2 rings (SSSR count). The average Bonchev–Trinajstić information content (AvgIpc) is 2.25. The van der Waals surface area contributed by atoms with Crippen molar-refractivity contribution in [3.63, 3.8) is 0 Å². The molecule has 1 saturated heterocycles. The molecular formula is C12H17NO2. The van der Waals surface area contributed by atoms with E-state index in [1.165, 1.54) is 5.56 Å². The van der Waals surface area contributed by atoms with Gasteiger partial charge in [0, 0.05) is 6.54 Å². The van der Waals surface area contributed by atoms with Crippen molar-refractivity contribution in [2.75, 3.05) is 13.1 Å². The second-order valence-corrected chi connectivity index (χ2v) is 4.19. The number of rotatable bonds is 2. The summed E-state index contributed by atoms with van der Waals surface area (Å²) in [6, 6.07) is 7.24. The summed E-state index contributed by atoms with van der Waals surface area (Å²) in [6.07, 6.45) is 1.66. The van der Waals surface area contributed by atoms with Crippen LogP contribution < -0.4 is 5.32 Å². The summed E-state index contributed by atoms with van der Waals surface area (Å²) in [4.78, 5) is 0. The Morgan fingerprint density at radius 2 is 2.00 bits per heavy atom. The molecule has 1 aliphatic rings. The Morgan fingerprint density at radius 3 is 2.67 bits per heavy atom. The van der Waals surface area contributed by atoms with Gasteiger partial charge in [0.1, 0.15) is 5.75 Å². The van der Waals surface area contributed by atoms with Gasteiger partial charge in [0.25, 0.3) is 0 Å². The molecule has 0 bridgehead atoms. The third-order valence-electron chi connectivity index (χ3n) is 3.02. The van der Waals surface area contributed by atoms with Crippen molar-refractivity contribution in [2.45, 2.75) is 18.9 Å². The summed E-state index contributed by atoms with van der Waals surface area (Å²) in [5.41, 5.74) is 1.18. The normalized spacial score (nSPS) is 26.5. The summed E-state index contributed by atoms with van der Waals surface area (Å²) < 4.78 is 0. The predicted octanol–water partition coefficient (Wildman–Crippen LogP) is 0.905. The molecule has 1 aliphatic heterocycles. The van der Waals surface area contributed by atoms with E-state index in [0.717, 1.165) is 19.4 Å². The second-order valence-electron chi connectivity index (χ2n) is 4.19.